The van der Waals surface area contributed by atoms with Crippen LogP contribution in [0.5, 0.6) is 5.75 Å². The van der Waals surface area contributed by atoms with Crippen LogP contribution in [-0.2, 0) is 32.6 Å². The van der Waals surface area contributed by atoms with Crippen molar-refractivity contribution in [2.75, 3.05) is 7.11 Å². The molecule has 2 aromatic heterocycles. The lowest BCUT2D eigenvalue weighted by molar-refractivity contribution is -0.140. The Kier molecular flexibility index (Phi) is 7.24. The van der Waals surface area contributed by atoms with E-state index in [1.807, 2.05) is 13.8 Å². The fourth-order valence-corrected chi connectivity index (χ4v) is 4.58. The molecule has 0 aliphatic carbocycles. The molecule has 3 aromatic rings. The molecule has 0 fully saturated rings. The number of halogens is 1. The molecule has 0 unspecified atom stereocenters. The Morgan fingerprint density at radius 1 is 1.22 bits per heavy atom. The fraction of sp³-hybridized carbons (Fsp3) is 0.318. The highest BCUT2D eigenvalue weighted by atomic mass is 32.2. The van der Waals surface area contributed by atoms with E-state index in [1.54, 1.807) is 24.5 Å². The predicted molar refractivity (Wildman–Crippen MR) is 114 cm³/mol. The Bertz CT molecular complexity index is 1190. The van der Waals surface area contributed by atoms with Gasteiger partial charge in [0.05, 0.1) is 25.8 Å². The van der Waals surface area contributed by atoms with Gasteiger partial charge in [-0.3, -0.25) is 9.78 Å². The number of carbonyl (C=O) groups excluding carboxylic acids is 1. The Morgan fingerprint density at radius 3 is 2.62 bits per heavy atom. The lowest BCUT2D eigenvalue weighted by atomic mass is 10.1. The van der Waals surface area contributed by atoms with Crippen LogP contribution < -0.4 is 4.18 Å². The summed E-state index contributed by atoms with van der Waals surface area (Å²) in [6, 6.07) is 8.44. The van der Waals surface area contributed by atoms with Gasteiger partial charge in [0.25, 0.3) is 0 Å². The number of aromatic nitrogens is 3. The summed E-state index contributed by atoms with van der Waals surface area (Å²) in [4.78, 5) is 20.3. The molecular weight excluding hydrogens is 437 g/mol. The number of methoxy groups -OCH3 is 1. The van der Waals surface area contributed by atoms with Crippen molar-refractivity contribution >= 4 is 16.1 Å². The van der Waals surface area contributed by atoms with Crippen LogP contribution in [0.2, 0.25) is 0 Å². The van der Waals surface area contributed by atoms with Crippen molar-refractivity contribution in [2.24, 2.45) is 0 Å². The smallest absolute Gasteiger partial charge is 0.357 e. The predicted octanol–water partition coefficient (Wildman–Crippen LogP) is 3.46. The molecule has 3 rings (SSSR count). The van der Waals surface area contributed by atoms with Crippen molar-refractivity contribution in [3.8, 4) is 5.75 Å². The van der Waals surface area contributed by atoms with Gasteiger partial charge in [-0.1, -0.05) is 26.0 Å². The lowest BCUT2D eigenvalue weighted by Gasteiger charge is -2.14. The molecule has 0 saturated heterocycles. The molecule has 2 heterocycles. The van der Waals surface area contributed by atoms with Gasteiger partial charge in [-0.25, -0.2) is 9.37 Å². The minimum atomic E-state index is -4.38. The first-order valence-corrected chi connectivity index (χ1v) is 11.4. The molecule has 0 radical (unpaired) electrons. The number of hydrogen-bond acceptors (Lipinski definition) is 7. The van der Waals surface area contributed by atoms with Crippen molar-refractivity contribution in [1.29, 1.82) is 0 Å². The Morgan fingerprint density at radius 2 is 2.00 bits per heavy atom. The number of ether oxygens (including phenoxy) is 1. The maximum Gasteiger partial charge on any atom is 0.357 e. The van der Waals surface area contributed by atoms with Crippen LogP contribution in [-0.4, -0.2) is 36.0 Å². The van der Waals surface area contributed by atoms with E-state index < -0.39 is 21.9 Å². The Labute approximate surface area is 186 Å². The van der Waals surface area contributed by atoms with Crippen LogP contribution >= 0.6 is 0 Å². The molecule has 32 heavy (non-hydrogen) atoms. The van der Waals surface area contributed by atoms with Gasteiger partial charge in [0.15, 0.2) is 5.03 Å². The maximum atomic E-state index is 13.6. The average molecular weight is 462 g/mol. The first kappa shape index (κ1) is 23.4. The van der Waals surface area contributed by atoms with E-state index >= 15 is 0 Å². The Hall–Kier alpha value is -3.27. The monoisotopic (exact) mass is 461 g/mol. The Balaban J connectivity index is 2.12. The summed E-state index contributed by atoms with van der Waals surface area (Å²) in [7, 11) is -3.10. The number of imidazole rings is 1. The number of hydrogen-bond donors (Lipinski definition) is 0. The summed E-state index contributed by atoms with van der Waals surface area (Å²) < 4.78 is 51.8. The van der Waals surface area contributed by atoms with E-state index in [2.05, 4.69) is 9.97 Å². The molecule has 0 atom stereocenters. The van der Waals surface area contributed by atoms with Gasteiger partial charge in [-0.05, 0) is 29.7 Å². The molecule has 170 valence electrons. The summed E-state index contributed by atoms with van der Waals surface area (Å²) >= 11 is 0. The zero-order valence-corrected chi connectivity index (χ0v) is 18.8. The van der Waals surface area contributed by atoms with Gasteiger partial charge < -0.3 is 13.5 Å². The average Bonchev–Trinajstić information content (AvgIpc) is 3.12. The summed E-state index contributed by atoms with van der Waals surface area (Å²) in [6.07, 6.45) is 3.42. The fourth-order valence-electron chi connectivity index (χ4n) is 3.17. The standard InChI is InChI=1S/C22H24FN3O5S/c1-15(2)21-22(32(28,29)31-18-8-4-7-17(23)12-18)26(14-16-6-5-11-24-13-16)19(25-21)9-10-20(27)30-3/h4-8,11-13,15H,9-10,14H2,1-3H3. The quantitative estimate of drug-likeness (QED) is 0.355. The number of rotatable bonds is 9. The van der Waals surface area contributed by atoms with Crippen molar-refractivity contribution in [1.82, 2.24) is 14.5 Å². The van der Waals surface area contributed by atoms with Gasteiger partial charge in [-0.15, -0.1) is 0 Å². The molecule has 0 amide bonds. The number of esters is 1. The maximum absolute atomic E-state index is 13.6. The highest BCUT2D eigenvalue weighted by Gasteiger charge is 2.31. The van der Waals surface area contributed by atoms with E-state index in [-0.39, 0.29) is 36.1 Å². The van der Waals surface area contributed by atoms with Crippen LogP contribution in [0.4, 0.5) is 4.39 Å². The number of aryl methyl sites for hydroxylation is 1. The lowest BCUT2D eigenvalue weighted by Crippen LogP contribution is -2.19. The molecule has 0 saturated carbocycles. The van der Waals surface area contributed by atoms with Gasteiger partial charge in [0, 0.05) is 24.9 Å². The topological polar surface area (TPSA) is 100 Å². The third kappa shape index (κ3) is 5.50. The molecule has 10 heteroatoms. The van der Waals surface area contributed by atoms with Gasteiger partial charge in [0.1, 0.15) is 17.4 Å². The van der Waals surface area contributed by atoms with Crippen LogP contribution in [0.15, 0.2) is 53.8 Å². The molecule has 8 nitrogen and oxygen atoms in total. The number of benzene rings is 1. The van der Waals surface area contributed by atoms with E-state index in [0.29, 0.717) is 11.5 Å². The number of nitrogens with zero attached hydrogens (tertiary/aromatic N) is 3. The van der Waals surface area contributed by atoms with E-state index in [0.717, 1.165) is 11.6 Å². The summed E-state index contributed by atoms with van der Waals surface area (Å²) in [5.41, 5.74) is 1.03. The first-order valence-electron chi connectivity index (χ1n) is 9.96. The van der Waals surface area contributed by atoms with Crippen LogP contribution in [0.3, 0.4) is 0 Å². The zero-order valence-electron chi connectivity index (χ0n) is 18.0. The second kappa shape index (κ2) is 9.90. The summed E-state index contributed by atoms with van der Waals surface area (Å²) in [6.45, 7) is 3.76. The molecule has 1 aromatic carbocycles. The molecular formula is C22H24FN3O5S. The number of pyridine rings is 1. The first-order chi connectivity index (χ1) is 15.2. The molecule has 0 aliphatic heterocycles. The van der Waals surface area contributed by atoms with Gasteiger partial charge in [-0.2, -0.15) is 8.42 Å². The molecule has 0 bridgehead atoms. The van der Waals surface area contributed by atoms with E-state index in [9.17, 15) is 17.6 Å². The summed E-state index contributed by atoms with van der Waals surface area (Å²) in [5, 5.41) is -0.138. The van der Waals surface area contributed by atoms with Gasteiger partial charge >= 0.3 is 16.1 Å². The largest absolute Gasteiger partial charge is 0.469 e. The number of carbonyl (C=O) groups is 1. The van der Waals surface area contributed by atoms with Crippen LogP contribution in [0.25, 0.3) is 0 Å². The SMILES string of the molecule is COC(=O)CCc1nc(C(C)C)c(S(=O)(=O)Oc2cccc(F)c2)n1Cc1cccnc1. The van der Waals surface area contributed by atoms with Crippen molar-refractivity contribution in [2.45, 2.75) is 44.2 Å². The van der Waals surface area contributed by atoms with Crippen LogP contribution in [0.1, 0.15) is 43.3 Å². The summed E-state index contributed by atoms with van der Waals surface area (Å²) in [5.74, 6) is -1.07. The van der Waals surface area contributed by atoms with Crippen molar-refractivity contribution in [3.63, 3.8) is 0 Å². The molecule has 0 aliphatic rings. The van der Waals surface area contributed by atoms with Crippen molar-refractivity contribution in [3.05, 3.63) is 71.7 Å². The molecule has 0 N–H and O–H groups in total. The normalized spacial score (nSPS) is 11.5. The van der Waals surface area contributed by atoms with Crippen molar-refractivity contribution < 1.29 is 26.5 Å². The van der Waals surface area contributed by atoms with E-state index in [4.69, 9.17) is 8.92 Å². The minimum absolute atomic E-state index is 0.0301. The van der Waals surface area contributed by atoms with Crippen LogP contribution in [0, 0.1) is 5.82 Å². The van der Waals surface area contributed by atoms with Gasteiger partial charge in [0.2, 0.25) is 0 Å². The highest BCUT2D eigenvalue weighted by molar-refractivity contribution is 7.87. The van der Waals surface area contributed by atoms with E-state index in [1.165, 1.54) is 29.9 Å². The molecule has 0 spiro atoms. The third-order valence-electron chi connectivity index (χ3n) is 4.65. The highest BCUT2D eigenvalue weighted by Crippen LogP contribution is 2.29. The third-order valence-corrected chi connectivity index (χ3v) is 5.97. The second-order valence-electron chi connectivity index (χ2n) is 7.39. The second-order valence-corrected chi connectivity index (χ2v) is 8.85. The minimum Gasteiger partial charge on any atom is -0.469 e. The zero-order chi connectivity index (χ0) is 23.3.